The number of methoxy groups -OCH3 is 1. The summed E-state index contributed by atoms with van der Waals surface area (Å²) in [4.78, 5) is 23.1. The van der Waals surface area contributed by atoms with E-state index in [4.69, 9.17) is 4.74 Å². The maximum Gasteiger partial charge on any atom is 0.274 e. The first-order valence-electron chi connectivity index (χ1n) is 8.76. The molecule has 1 N–H and O–H groups in total. The minimum atomic E-state index is -0.278. The van der Waals surface area contributed by atoms with E-state index in [1.807, 2.05) is 18.2 Å². The van der Waals surface area contributed by atoms with Crippen LogP contribution in [0.5, 0.6) is 5.75 Å². The summed E-state index contributed by atoms with van der Waals surface area (Å²) in [6.07, 6.45) is 1.42. The molecule has 0 unspecified atom stereocenters. The molecule has 0 spiro atoms. The molecule has 6 nitrogen and oxygen atoms in total. The van der Waals surface area contributed by atoms with Gasteiger partial charge in [-0.3, -0.25) is 4.79 Å². The van der Waals surface area contributed by atoms with E-state index in [9.17, 15) is 4.79 Å². The zero-order chi connectivity index (χ0) is 19.1. The Labute approximate surface area is 158 Å². The van der Waals surface area contributed by atoms with Gasteiger partial charge in [-0.05, 0) is 36.8 Å². The molecule has 0 saturated heterocycles. The number of rotatable bonds is 7. The highest BCUT2D eigenvalue weighted by atomic mass is 16.5. The molecule has 138 valence electrons. The zero-order valence-corrected chi connectivity index (χ0v) is 15.4. The fraction of sp³-hybridized carbons (Fsp3) is 0.190. The van der Waals surface area contributed by atoms with E-state index >= 15 is 0 Å². The molecule has 0 radical (unpaired) electrons. The van der Waals surface area contributed by atoms with Crippen LogP contribution in [0.2, 0.25) is 0 Å². The van der Waals surface area contributed by atoms with E-state index in [1.165, 1.54) is 11.9 Å². The third-order valence-electron chi connectivity index (χ3n) is 4.16. The van der Waals surface area contributed by atoms with Crippen molar-refractivity contribution in [3.05, 3.63) is 78.2 Å². The van der Waals surface area contributed by atoms with Crippen molar-refractivity contribution >= 4 is 17.4 Å². The van der Waals surface area contributed by atoms with Gasteiger partial charge in [-0.15, -0.1) is 0 Å². The number of hydrogen-bond donors (Lipinski definition) is 1. The summed E-state index contributed by atoms with van der Waals surface area (Å²) in [6, 6.07) is 19.0. The molecule has 0 aliphatic carbocycles. The predicted octanol–water partition coefficient (Wildman–Crippen LogP) is 3.76. The lowest BCUT2D eigenvalue weighted by Crippen LogP contribution is -2.24. The predicted molar refractivity (Wildman–Crippen MR) is 106 cm³/mol. The van der Waals surface area contributed by atoms with E-state index in [0.29, 0.717) is 17.9 Å². The fourth-order valence-electron chi connectivity index (χ4n) is 2.67. The van der Waals surface area contributed by atoms with Crippen LogP contribution in [-0.4, -0.2) is 29.5 Å². The summed E-state index contributed by atoms with van der Waals surface area (Å²) in [5, 5.41) is 2.84. The number of aromatic nitrogens is 2. The standard InChI is InChI=1S/C21H22N4O2/c1-3-25(14-16-7-5-4-6-8-16)20-13-19(22-15-23-20)21(26)24-17-9-11-18(27-2)12-10-17/h4-13,15H,3,14H2,1-2H3,(H,24,26). The molecular formula is C21H22N4O2. The number of amides is 1. The molecule has 0 saturated carbocycles. The smallest absolute Gasteiger partial charge is 0.274 e. The molecule has 3 aromatic rings. The Hall–Kier alpha value is -3.41. The number of nitrogens with zero attached hydrogens (tertiary/aromatic N) is 3. The Balaban J connectivity index is 1.73. The summed E-state index contributed by atoms with van der Waals surface area (Å²) in [6.45, 7) is 3.54. The molecule has 2 aromatic carbocycles. The largest absolute Gasteiger partial charge is 0.497 e. The first kappa shape index (κ1) is 18.4. The molecule has 1 heterocycles. The van der Waals surface area contributed by atoms with E-state index in [1.54, 1.807) is 37.4 Å². The van der Waals surface area contributed by atoms with Crippen molar-refractivity contribution < 1.29 is 9.53 Å². The number of anilines is 2. The Kier molecular flexibility index (Phi) is 5.99. The average molecular weight is 362 g/mol. The van der Waals surface area contributed by atoms with Gasteiger partial charge in [0.25, 0.3) is 5.91 Å². The number of ether oxygens (including phenoxy) is 1. The lowest BCUT2D eigenvalue weighted by Gasteiger charge is -2.22. The second-order valence-electron chi connectivity index (χ2n) is 5.94. The molecule has 0 aliphatic rings. The second kappa shape index (κ2) is 8.80. The lowest BCUT2D eigenvalue weighted by molar-refractivity contribution is 0.102. The van der Waals surface area contributed by atoms with Gasteiger partial charge in [0, 0.05) is 24.8 Å². The zero-order valence-electron chi connectivity index (χ0n) is 15.4. The Morgan fingerprint density at radius 2 is 1.81 bits per heavy atom. The summed E-state index contributed by atoms with van der Waals surface area (Å²) < 4.78 is 5.12. The number of hydrogen-bond acceptors (Lipinski definition) is 5. The first-order valence-corrected chi connectivity index (χ1v) is 8.76. The first-order chi connectivity index (χ1) is 13.2. The van der Waals surface area contributed by atoms with Crippen molar-refractivity contribution in [1.29, 1.82) is 0 Å². The molecule has 0 fully saturated rings. The molecule has 1 amide bonds. The number of benzene rings is 2. The van der Waals surface area contributed by atoms with Crippen LogP contribution in [-0.2, 0) is 6.54 Å². The van der Waals surface area contributed by atoms with Crippen LogP contribution >= 0.6 is 0 Å². The molecule has 6 heteroatoms. The summed E-state index contributed by atoms with van der Waals surface area (Å²) in [5.74, 6) is 1.17. The van der Waals surface area contributed by atoms with Crippen LogP contribution in [0.1, 0.15) is 23.0 Å². The van der Waals surface area contributed by atoms with Gasteiger partial charge in [0.15, 0.2) is 0 Å². The lowest BCUT2D eigenvalue weighted by atomic mass is 10.2. The third-order valence-corrected chi connectivity index (χ3v) is 4.16. The van der Waals surface area contributed by atoms with E-state index < -0.39 is 0 Å². The molecule has 1 aromatic heterocycles. The minimum Gasteiger partial charge on any atom is -0.497 e. The fourth-order valence-corrected chi connectivity index (χ4v) is 2.67. The maximum atomic E-state index is 12.5. The highest BCUT2D eigenvalue weighted by Crippen LogP contribution is 2.18. The van der Waals surface area contributed by atoms with Crippen molar-refractivity contribution in [2.75, 3.05) is 23.9 Å². The van der Waals surface area contributed by atoms with Crippen molar-refractivity contribution in [2.45, 2.75) is 13.5 Å². The van der Waals surface area contributed by atoms with Gasteiger partial charge in [-0.25, -0.2) is 9.97 Å². The van der Waals surface area contributed by atoms with E-state index in [0.717, 1.165) is 18.1 Å². The average Bonchev–Trinajstić information content (AvgIpc) is 2.73. The second-order valence-corrected chi connectivity index (χ2v) is 5.94. The molecule has 0 aliphatic heterocycles. The quantitative estimate of drug-likeness (QED) is 0.693. The molecule has 0 bridgehead atoms. The summed E-state index contributed by atoms with van der Waals surface area (Å²) in [7, 11) is 1.60. The van der Waals surface area contributed by atoms with Gasteiger partial charge in [-0.2, -0.15) is 0 Å². The van der Waals surface area contributed by atoms with Crippen molar-refractivity contribution in [1.82, 2.24) is 9.97 Å². The monoisotopic (exact) mass is 362 g/mol. The molecule has 3 rings (SSSR count). The van der Waals surface area contributed by atoms with Crippen LogP contribution in [0, 0.1) is 0 Å². The summed E-state index contributed by atoms with van der Waals surface area (Å²) >= 11 is 0. The van der Waals surface area contributed by atoms with Crippen molar-refractivity contribution in [3.63, 3.8) is 0 Å². The van der Waals surface area contributed by atoms with Crippen molar-refractivity contribution in [2.24, 2.45) is 0 Å². The number of carbonyl (C=O) groups excluding carboxylic acids is 1. The van der Waals surface area contributed by atoms with Gasteiger partial charge in [0.2, 0.25) is 0 Å². The topological polar surface area (TPSA) is 67.4 Å². The maximum absolute atomic E-state index is 12.5. The van der Waals surface area contributed by atoms with Gasteiger partial charge in [-0.1, -0.05) is 30.3 Å². The van der Waals surface area contributed by atoms with Gasteiger partial charge >= 0.3 is 0 Å². The number of nitrogens with one attached hydrogen (secondary N) is 1. The Morgan fingerprint density at radius 3 is 2.48 bits per heavy atom. The van der Waals surface area contributed by atoms with Crippen LogP contribution in [0.25, 0.3) is 0 Å². The SMILES string of the molecule is CCN(Cc1ccccc1)c1cc(C(=O)Nc2ccc(OC)cc2)ncn1. The molecular weight excluding hydrogens is 340 g/mol. The normalized spacial score (nSPS) is 10.3. The van der Waals surface area contributed by atoms with E-state index in [2.05, 4.69) is 39.2 Å². The van der Waals surface area contributed by atoms with Gasteiger partial charge in [0.05, 0.1) is 7.11 Å². The summed E-state index contributed by atoms with van der Waals surface area (Å²) in [5.41, 5.74) is 2.18. The number of carbonyl (C=O) groups is 1. The van der Waals surface area contributed by atoms with Crippen molar-refractivity contribution in [3.8, 4) is 5.75 Å². The highest BCUT2D eigenvalue weighted by Gasteiger charge is 2.13. The van der Waals surface area contributed by atoms with Gasteiger partial charge in [0.1, 0.15) is 23.6 Å². The van der Waals surface area contributed by atoms with Gasteiger partial charge < -0.3 is 15.0 Å². The molecule has 0 atom stereocenters. The Bertz CT molecular complexity index is 882. The van der Waals surface area contributed by atoms with Crippen LogP contribution in [0.4, 0.5) is 11.5 Å². The Morgan fingerprint density at radius 1 is 1.07 bits per heavy atom. The molecule has 27 heavy (non-hydrogen) atoms. The van der Waals surface area contributed by atoms with Crippen LogP contribution < -0.4 is 15.0 Å². The van der Waals surface area contributed by atoms with Crippen LogP contribution in [0.3, 0.4) is 0 Å². The van der Waals surface area contributed by atoms with Crippen LogP contribution in [0.15, 0.2) is 67.0 Å². The third kappa shape index (κ3) is 4.82. The van der Waals surface area contributed by atoms with E-state index in [-0.39, 0.29) is 5.91 Å². The highest BCUT2D eigenvalue weighted by molar-refractivity contribution is 6.03. The minimum absolute atomic E-state index is 0.278.